The van der Waals surface area contributed by atoms with E-state index in [1.54, 1.807) is 0 Å². The molecule has 0 aliphatic carbocycles. The number of allylic oxidation sites excluding steroid dienone is 11. The number of hydrogen-bond acceptors (Lipinski definition) is 3. The maximum atomic E-state index is 12.6. The van der Waals surface area contributed by atoms with Crippen LogP contribution in [0.1, 0.15) is 187 Å². The van der Waals surface area contributed by atoms with Crippen LogP contribution < -0.4 is 0 Å². The Kier molecular flexibility index (Phi) is 36.7. The third kappa shape index (κ3) is 37.8. The molecule has 0 saturated carbocycles. The molecule has 1 atom stereocenters. The molecule has 0 aliphatic rings. The molecule has 0 amide bonds. The average molecular weight is 667 g/mol. The van der Waals surface area contributed by atoms with Crippen molar-refractivity contribution in [2.75, 3.05) is 0 Å². The normalized spacial score (nSPS) is 13.0. The van der Waals surface area contributed by atoms with E-state index in [0.717, 1.165) is 77.0 Å². The van der Waals surface area contributed by atoms with E-state index in [9.17, 15) is 9.59 Å². The van der Waals surface area contributed by atoms with Crippen LogP contribution in [0.3, 0.4) is 0 Å². The van der Waals surface area contributed by atoms with Crippen LogP contribution in [0.5, 0.6) is 0 Å². The second-order valence-electron chi connectivity index (χ2n) is 13.1. The Labute approximate surface area is 297 Å². The first-order valence-electron chi connectivity index (χ1n) is 19.9. The predicted molar refractivity (Wildman–Crippen MR) is 208 cm³/mol. The number of carbonyl (C=O) groups excluding carboxylic acids is 1. The number of unbranched alkanes of at least 4 members (excludes halogenated alkanes) is 16. The fourth-order valence-electron chi connectivity index (χ4n) is 5.48. The summed E-state index contributed by atoms with van der Waals surface area (Å²) in [6.07, 6.45) is 55.1. The van der Waals surface area contributed by atoms with Gasteiger partial charge in [-0.15, -0.1) is 0 Å². The van der Waals surface area contributed by atoms with Crippen LogP contribution in [0.2, 0.25) is 0 Å². The van der Waals surface area contributed by atoms with E-state index in [2.05, 4.69) is 86.8 Å². The van der Waals surface area contributed by atoms with Gasteiger partial charge in [-0.05, 0) is 89.5 Å². The molecule has 0 radical (unpaired) electrons. The van der Waals surface area contributed by atoms with E-state index in [0.29, 0.717) is 12.8 Å². The highest BCUT2D eigenvalue weighted by Gasteiger charge is 2.11. The molecule has 1 unspecified atom stereocenters. The summed E-state index contributed by atoms with van der Waals surface area (Å²) in [6, 6.07) is 0. The molecule has 0 aliphatic heterocycles. The Morgan fingerprint density at radius 1 is 0.500 bits per heavy atom. The zero-order valence-electron chi connectivity index (χ0n) is 31.3. The molecule has 0 bridgehead atoms. The van der Waals surface area contributed by atoms with E-state index in [4.69, 9.17) is 9.84 Å². The maximum absolute atomic E-state index is 12.6. The van der Waals surface area contributed by atoms with Gasteiger partial charge >= 0.3 is 11.9 Å². The summed E-state index contributed by atoms with van der Waals surface area (Å²) in [5.41, 5.74) is 0. The first-order chi connectivity index (χ1) is 23.6. The minimum absolute atomic E-state index is 0.0871. The highest BCUT2D eigenvalue weighted by molar-refractivity contribution is 5.69. The smallest absolute Gasteiger partial charge is 0.306 e. The van der Waals surface area contributed by atoms with Gasteiger partial charge in [0.1, 0.15) is 6.10 Å². The minimum atomic E-state index is -0.729. The molecule has 0 heterocycles. The van der Waals surface area contributed by atoms with Crippen LogP contribution >= 0.6 is 0 Å². The Bertz CT molecular complexity index is 892. The van der Waals surface area contributed by atoms with E-state index < -0.39 is 5.97 Å². The number of aliphatic carboxylic acids is 1. The molecule has 0 saturated heterocycles. The lowest BCUT2D eigenvalue weighted by Crippen LogP contribution is -2.16. The highest BCUT2D eigenvalue weighted by atomic mass is 16.5. The van der Waals surface area contributed by atoms with Gasteiger partial charge in [0.2, 0.25) is 0 Å². The van der Waals surface area contributed by atoms with Crippen molar-refractivity contribution in [2.24, 2.45) is 0 Å². The van der Waals surface area contributed by atoms with Crippen LogP contribution in [0.4, 0.5) is 0 Å². The van der Waals surface area contributed by atoms with Gasteiger partial charge in [-0.3, -0.25) is 9.59 Å². The van der Waals surface area contributed by atoms with Crippen LogP contribution in [0.25, 0.3) is 0 Å². The Hall–Kier alpha value is -2.62. The van der Waals surface area contributed by atoms with Gasteiger partial charge in [-0.25, -0.2) is 0 Å². The van der Waals surface area contributed by atoms with Crippen molar-refractivity contribution in [1.29, 1.82) is 0 Å². The number of carboxylic acid groups (broad SMARTS) is 1. The third-order valence-electron chi connectivity index (χ3n) is 8.40. The zero-order chi connectivity index (χ0) is 35.0. The van der Waals surface area contributed by atoms with Crippen molar-refractivity contribution >= 4 is 11.9 Å². The molecule has 1 N–H and O–H groups in total. The first-order valence-corrected chi connectivity index (χ1v) is 19.9. The van der Waals surface area contributed by atoms with Gasteiger partial charge < -0.3 is 9.84 Å². The third-order valence-corrected chi connectivity index (χ3v) is 8.40. The molecular formula is C44H74O4. The molecule has 0 fully saturated rings. The Morgan fingerprint density at radius 2 is 0.938 bits per heavy atom. The van der Waals surface area contributed by atoms with Crippen molar-refractivity contribution in [2.45, 2.75) is 193 Å². The Morgan fingerprint density at radius 3 is 1.48 bits per heavy atom. The predicted octanol–water partition coefficient (Wildman–Crippen LogP) is 13.9. The van der Waals surface area contributed by atoms with Crippen LogP contribution in [0.15, 0.2) is 72.9 Å². The van der Waals surface area contributed by atoms with Crippen LogP contribution in [0, 0.1) is 0 Å². The number of carboxylic acids is 1. The summed E-state index contributed by atoms with van der Waals surface area (Å²) in [6.45, 7) is 4.39. The zero-order valence-corrected chi connectivity index (χ0v) is 31.3. The standard InChI is InChI=1S/C44H74O4/c1-3-5-7-9-11-13-14-15-16-17-18-19-20-21-22-23-24-25-26-27-29-31-37-41-44(47)48-42(39-35-32-33-36-40-43(45)46)38-34-30-28-12-10-8-6-4-2/h5,7,11-13,15-16,18-19,28,34,38,42H,3-4,6,8-10,14,17,20-27,29-33,35-37,39-41H2,1-2H3,(H,45,46)/b7-5-,13-11-,16-15-,19-18-,28-12-,38-34-. The summed E-state index contributed by atoms with van der Waals surface area (Å²) in [4.78, 5) is 23.3. The molecule has 0 aromatic heterocycles. The average Bonchev–Trinajstić information content (AvgIpc) is 3.07. The van der Waals surface area contributed by atoms with Crippen molar-refractivity contribution < 1.29 is 19.4 Å². The van der Waals surface area contributed by atoms with E-state index in [-0.39, 0.29) is 18.5 Å². The molecule has 4 heteroatoms. The van der Waals surface area contributed by atoms with E-state index in [1.165, 1.54) is 77.0 Å². The van der Waals surface area contributed by atoms with Crippen molar-refractivity contribution in [1.82, 2.24) is 0 Å². The second-order valence-corrected chi connectivity index (χ2v) is 13.1. The SMILES string of the molecule is CC/C=C\C/C=C\C/C=C\C/C=C\CCCCCCCCCCCCC(=O)OC(/C=C\C/C=C\CCCCC)CCCCCCC(=O)O. The first kappa shape index (κ1) is 45.4. The van der Waals surface area contributed by atoms with E-state index in [1.807, 2.05) is 0 Å². The van der Waals surface area contributed by atoms with Crippen LogP contribution in [-0.4, -0.2) is 23.1 Å². The van der Waals surface area contributed by atoms with Crippen LogP contribution in [-0.2, 0) is 14.3 Å². The second kappa shape index (κ2) is 38.8. The lowest BCUT2D eigenvalue weighted by Gasteiger charge is -2.14. The topological polar surface area (TPSA) is 63.6 Å². The maximum Gasteiger partial charge on any atom is 0.306 e. The van der Waals surface area contributed by atoms with Gasteiger partial charge in [0.25, 0.3) is 0 Å². The largest absolute Gasteiger partial charge is 0.481 e. The lowest BCUT2D eigenvalue weighted by atomic mass is 10.0. The summed E-state index contributed by atoms with van der Waals surface area (Å²) in [5.74, 6) is -0.816. The summed E-state index contributed by atoms with van der Waals surface area (Å²) in [7, 11) is 0. The highest BCUT2D eigenvalue weighted by Crippen LogP contribution is 2.15. The van der Waals surface area contributed by atoms with Gasteiger partial charge in [0.05, 0.1) is 0 Å². The molecule has 4 nitrogen and oxygen atoms in total. The quantitative estimate of drug-likeness (QED) is 0.0415. The molecule has 0 rings (SSSR count). The fraction of sp³-hybridized carbons (Fsp3) is 0.682. The summed E-state index contributed by atoms with van der Waals surface area (Å²) in [5, 5.41) is 8.82. The van der Waals surface area contributed by atoms with Crippen molar-refractivity contribution in [3.63, 3.8) is 0 Å². The summed E-state index contributed by atoms with van der Waals surface area (Å²) < 4.78 is 5.85. The molecule has 48 heavy (non-hydrogen) atoms. The monoisotopic (exact) mass is 667 g/mol. The number of esters is 1. The Balaban J connectivity index is 3.90. The fourth-order valence-corrected chi connectivity index (χ4v) is 5.48. The van der Waals surface area contributed by atoms with Crippen molar-refractivity contribution in [3.05, 3.63) is 72.9 Å². The van der Waals surface area contributed by atoms with E-state index >= 15 is 0 Å². The molecule has 0 aromatic carbocycles. The molecule has 0 aromatic rings. The number of ether oxygens (including phenoxy) is 1. The molecular weight excluding hydrogens is 592 g/mol. The molecule has 0 spiro atoms. The van der Waals surface area contributed by atoms with Gasteiger partial charge in [-0.1, -0.05) is 158 Å². The minimum Gasteiger partial charge on any atom is -0.481 e. The van der Waals surface area contributed by atoms with Crippen molar-refractivity contribution in [3.8, 4) is 0 Å². The number of carbonyl (C=O) groups is 2. The lowest BCUT2D eigenvalue weighted by molar-refractivity contribution is -0.147. The number of hydrogen-bond donors (Lipinski definition) is 1. The van der Waals surface area contributed by atoms with Gasteiger partial charge in [0.15, 0.2) is 0 Å². The number of rotatable bonds is 35. The summed E-state index contributed by atoms with van der Waals surface area (Å²) >= 11 is 0. The van der Waals surface area contributed by atoms with Gasteiger partial charge in [0, 0.05) is 12.8 Å². The van der Waals surface area contributed by atoms with Gasteiger partial charge in [-0.2, -0.15) is 0 Å². The molecule has 274 valence electrons.